The molecule has 0 saturated heterocycles. The Morgan fingerprint density at radius 2 is 0.675 bits per heavy atom. The molecule has 0 aromatic rings. The SMILES string of the molecule is O=C(C(F)(F)F)C(F)(F)OC(F)(C(F)(F)F)C(F)(F)OC(F)(C(F)(F)F)C(F)(F)OC(F)(C(F)(F)F)C(F)(F)Cl. The van der Waals surface area contributed by atoms with E-state index in [0.717, 1.165) is 4.74 Å². The third kappa shape index (κ3) is 6.65. The highest BCUT2D eigenvalue weighted by Crippen LogP contribution is 2.59. The van der Waals surface area contributed by atoms with Crippen molar-refractivity contribution in [3.05, 3.63) is 0 Å². The summed E-state index contributed by atoms with van der Waals surface area (Å²) in [6.45, 7) is 0. The maximum atomic E-state index is 14.0. The average molecular weight is 681 g/mol. The number of alkyl halides is 24. The van der Waals surface area contributed by atoms with Gasteiger partial charge in [-0.1, -0.05) is 0 Å². The molecule has 0 rings (SSSR count). The normalized spacial score (nSPS) is 20.0. The van der Waals surface area contributed by atoms with Gasteiger partial charge in [-0.3, -0.25) is 19.0 Å². The Labute approximate surface area is 204 Å². The predicted molar refractivity (Wildman–Crippen MR) is 69.6 cm³/mol. The molecule has 0 aliphatic carbocycles. The number of carbonyl (C=O) groups excluding carboxylic acids is 1. The first-order valence-electron chi connectivity index (χ1n) is 7.96. The molecule has 0 amide bonds. The summed E-state index contributed by atoms with van der Waals surface area (Å²) in [5, 5.41) is -7.11. The van der Waals surface area contributed by atoms with Crippen LogP contribution in [0.5, 0.6) is 0 Å². The van der Waals surface area contributed by atoms with Crippen LogP contribution in [0.4, 0.5) is 101 Å². The number of ether oxygens (including phenoxy) is 3. The first-order valence-corrected chi connectivity index (χ1v) is 8.34. The Morgan fingerprint density at radius 3 is 0.900 bits per heavy atom. The summed E-state index contributed by atoms with van der Waals surface area (Å²) in [5.41, 5.74) is 0. The van der Waals surface area contributed by atoms with Crippen LogP contribution in [-0.4, -0.2) is 71.8 Å². The largest absolute Gasteiger partial charge is 0.459 e. The van der Waals surface area contributed by atoms with Gasteiger partial charge in [0, 0.05) is 0 Å². The second-order valence-electron chi connectivity index (χ2n) is 6.46. The van der Waals surface area contributed by atoms with Gasteiger partial charge >= 0.3 is 71.8 Å². The molecule has 0 bridgehead atoms. The number of hydrogen-bond acceptors (Lipinski definition) is 4. The molecule has 0 spiro atoms. The molecule has 28 heteroatoms. The summed E-state index contributed by atoms with van der Waals surface area (Å²) in [6.07, 6.45) is -56.5. The van der Waals surface area contributed by atoms with Crippen molar-refractivity contribution < 1.29 is 120 Å². The first-order chi connectivity index (χ1) is 16.8. The molecular formula is C12ClF23O4. The van der Waals surface area contributed by atoms with Crippen molar-refractivity contribution in [3.63, 3.8) is 0 Å². The van der Waals surface area contributed by atoms with E-state index in [-0.39, 0.29) is 0 Å². The Hall–Kier alpha value is -1.77. The maximum Gasteiger partial charge on any atom is 0.459 e. The van der Waals surface area contributed by atoms with Crippen LogP contribution < -0.4 is 0 Å². The van der Waals surface area contributed by atoms with Crippen LogP contribution in [0.1, 0.15) is 0 Å². The van der Waals surface area contributed by atoms with Gasteiger partial charge < -0.3 is 0 Å². The minimum absolute atomic E-state index is 1.06. The topological polar surface area (TPSA) is 44.8 Å². The van der Waals surface area contributed by atoms with E-state index in [4.69, 9.17) is 0 Å². The molecule has 0 N–H and O–H groups in total. The smallest absolute Gasteiger partial charge is 0.280 e. The van der Waals surface area contributed by atoms with Crippen molar-refractivity contribution in [2.24, 2.45) is 0 Å². The van der Waals surface area contributed by atoms with E-state index in [1.807, 2.05) is 0 Å². The van der Waals surface area contributed by atoms with Gasteiger partial charge in [0.15, 0.2) is 0 Å². The van der Waals surface area contributed by atoms with Gasteiger partial charge in [-0.15, -0.1) is 0 Å². The fourth-order valence-electron chi connectivity index (χ4n) is 1.71. The molecule has 3 unspecified atom stereocenters. The zero-order chi connectivity index (χ0) is 33.2. The van der Waals surface area contributed by atoms with Crippen LogP contribution >= 0.6 is 11.6 Å². The lowest BCUT2D eigenvalue weighted by Gasteiger charge is -2.42. The van der Waals surface area contributed by atoms with Gasteiger partial charge in [0.05, 0.1) is 0 Å². The number of ketones is 1. The van der Waals surface area contributed by atoms with E-state index in [9.17, 15) is 106 Å². The quantitative estimate of drug-likeness (QED) is 0.178. The zero-order valence-electron chi connectivity index (χ0n) is 16.7. The summed E-state index contributed by atoms with van der Waals surface area (Å²) < 4.78 is 301. The van der Waals surface area contributed by atoms with Gasteiger partial charge in [-0.05, 0) is 11.6 Å². The Balaban J connectivity index is 7.23. The standard InChI is InChI=1S/C12ClF23O4/c13-7(22,23)4(19,8(24,25)26)39-12(35,36)6(21,10(30,31)32)40-11(33,34)5(20,9(27,28)29)38-3(17,18)1(37)2(14,15)16. The van der Waals surface area contributed by atoms with Gasteiger partial charge in [0.2, 0.25) is 0 Å². The molecule has 3 atom stereocenters. The maximum absolute atomic E-state index is 14.0. The molecule has 0 saturated carbocycles. The lowest BCUT2D eigenvalue weighted by molar-refractivity contribution is -0.572. The molecule has 0 aliphatic heterocycles. The fourth-order valence-corrected chi connectivity index (χ4v) is 1.86. The van der Waals surface area contributed by atoms with E-state index in [1.165, 1.54) is 9.47 Å². The molecule has 0 aromatic heterocycles. The summed E-state index contributed by atoms with van der Waals surface area (Å²) in [4.78, 5) is 10.3. The van der Waals surface area contributed by atoms with E-state index >= 15 is 0 Å². The molecule has 0 radical (unpaired) electrons. The molecule has 4 nitrogen and oxygen atoms in total. The van der Waals surface area contributed by atoms with Crippen LogP contribution in [0.25, 0.3) is 0 Å². The predicted octanol–water partition coefficient (Wildman–Crippen LogP) is 7.46. The van der Waals surface area contributed by atoms with Crippen molar-refractivity contribution >= 4 is 17.4 Å². The van der Waals surface area contributed by atoms with E-state index < -0.39 is 71.8 Å². The fraction of sp³-hybridized carbons (Fsp3) is 0.917. The van der Waals surface area contributed by atoms with Crippen LogP contribution in [0.3, 0.4) is 0 Å². The van der Waals surface area contributed by atoms with E-state index in [0.29, 0.717) is 0 Å². The van der Waals surface area contributed by atoms with E-state index in [1.54, 1.807) is 0 Å². The molecular weight excluding hydrogens is 681 g/mol. The lowest BCUT2D eigenvalue weighted by atomic mass is 10.2. The summed E-state index contributed by atoms with van der Waals surface area (Å²) in [7, 11) is 0. The second-order valence-corrected chi connectivity index (χ2v) is 6.93. The first kappa shape index (κ1) is 38.2. The number of rotatable bonds is 10. The third-order valence-corrected chi connectivity index (χ3v) is 3.78. The van der Waals surface area contributed by atoms with Crippen molar-refractivity contribution in [2.75, 3.05) is 0 Å². The van der Waals surface area contributed by atoms with E-state index in [2.05, 4.69) is 11.6 Å². The van der Waals surface area contributed by atoms with Crippen LogP contribution in [0.15, 0.2) is 0 Å². The van der Waals surface area contributed by atoms with Crippen molar-refractivity contribution in [2.45, 2.75) is 66.0 Å². The zero-order valence-corrected chi connectivity index (χ0v) is 17.5. The molecule has 0 heterocycles. The molecule has 0 aliphatic rings. The number of halogens is 24. The molecule has 0 aromatic carbocycles. The summed E-state index contributed by atoms with van der Waals surface area (Å²) in [6, 6.07) is 0. The van der Waals surface area contributed by atoms with Gasteiger partial charge in [0.25, 0.3) is 0 Å². The second kappa shape index (κ2) is 9.91. The Morgan fingerprint density at radius 1 is 0.425 bits per heavy atom. The third-order valence-electron chi connectivity index (χ3n) is 3.54. The van der Waals surface area contributed by atoms with Gasteiger partial charge in [-0.2, -0.15) is 101 Å². The van der Waals surface area contributed by atoms with Gasteiger partial charge in [-0.25, -0.2) is 0 Å². The Kier molecular flexibility index (Phi) is 9.47. The minimum atomic E-state index is -8.68. The highest BCUT2D eigenvalue weighted by atomic mass is 35.5. The van der Waals surface area contributed by atoms with Crippen LogP contribution in [0.2, 0.25) is 0 Å². The van der Waals surface area contributed by atoms with Crippen molar-refractivity contribution in [1.29, 1.82) is 0 Å². The van der Waals surface area contributed by atoms with Gasteiger partial charge in [0.1, 0.15) is 0 Å². The highest BCUT2D eigenvalue weighted by molar-refractivity contribution is 6.22. The average Bonchev–Trinajstić information content (AvgIpc) is 2.61. The van der Waals surface area contributed by atoms with Crippen LogP contribution in [0, 0.1) is 0 Å². The highest BCUT2D eigenvalue weighted by Gasteiger charge is 2.88. The Bertz CT molecular complexity index is 913. The van der Waals surface area contributed by atoms with Crippen LogP contribution in [-0.2, 0) is 19.0 Å². The van der Waals surface area contributed by atoms with Crippen molar-refractivity contribution in [1.82, 2.24) is 0 Å². The summed E-state index contributed by atoms with van der Waals surface area (Å²) in [5.74, 6) is -30.1. The minimum Gasteiger partial charge on any atom is -0.280 e. The van der Waals surface area contributed by atoms with Crippen molar-refractivity contribution in [3.8, 4) is 0 Å². The monoisotopic (exact) mass is 680 g/mol. The molecule has 40 heavy (non-hydrogen) atoms. The lowest BCUT2D eigenvalue weighted by Crippen LogP contribution is -2.70. The number of carbonyl (C=O) groups is 1. The molecule has 240 valence electrons. The number of hydrogen-bond donors (Lipinski definition) is 0. The number of Topliss-reactive ketones (excluding diaryl/α,β-unsaturated/α-hetero) is 1. The summed E-state index contributed by atoms with van der Waals surface area (Å²) >= 11 is 3.38. The molecule has 0 fully saturated rings.